The molecule has 1 saturated heterocycles. The molecule has 1 aromatic carbocycles. The van der Waals surface area contributed by atoms with Crippen molar-refractivity contribution in [1.82, 2.24) is 14.4 Å². The third kappa shape index (κ3) is 5.11. The number of carbonyl (C=O) groups excluding carboxylic acids is 1. The van der Waals surface area contributed by atoms with Gasteiger partial charge >= 0.3 is 0 Å². The normalized spacial score (nSPS) is 18.3. The lowest BCUT2D eigenvalue weighted by molar-refractivity contribution is -0.117. The fourth-order valence-electron chi connectivity index (χ4n) is 3.81. The van der Waals surface area contributed by atoms with Crippen LogP contribution < -0.4 is 5.32 Å². The zero-order chi connectivity index (χ0) is 22.7. The maximum absolute atomic E-state index is 13.0. The molecule has 2 heterocycles. The summed E-state index contributed by atoms with van der Waals surface area (Å²) in [4.78, 5) is 14.7. The van der Waals surface area contributed by atoms with Crippen LogP contribution in [0.5, 0.6) is 0 Å². The number of nitrogens with one attached hydrogen (secondary N) is 1. The number of carbonyl (C=O) groups is 1. The second kappa shape index (κ2) is 9.56. The minimum absolute atomic E-state index is 0.00367. The monoisotopic (exact) mass is 458 g/mol. The Labute approximate surface area is 189 Å². The molecule has 2 aromatic rings. The topological polar surface area (TPSA) is 95.8 Å². The molecule has 0 unspecified atom stereocenters. The van der Waals surface area contributed by atoms with E-state index in [2.05, 4.69) is 22.3 Å². The van der Waals surface area contributed by atoms with Gasteiger partial charge in [0.15, 0.2) is 5.76 Å². The van der Waals surface area contributed by atoms with Crippen LogP contribution in [0.3, 0.4) is 0 Å². The van der Waals surface area contributed by atoms with E-state index in [9.17, 15) is 13.2 Å². The van der Waals surface area contributed by atoms with Gasteiger partial charge in [0.1, 0.15) is 11.4 Å². The highest BCUT2D eigenvalue weighted by atomic mass is 32.2. The number of rotatable bonds is 8. The van der Waals surface area contributed by atoms with E-state index in [0.29, 0.717) is 35.1 Å². The molecule has 1 amide bonds. The number of aryl methyl sites for hydroxylation is 1. The molecule has 2 aliphatic rings. The summed E-state index contributed by atoms with van der Waals surface area (Å²) in [5.41, 5.74) is 2.03. The molecule has 32 heavy (non-hydrogen) atoms. The van der Waals surface area contributed by atoms with E-state index < -0.39 is 10.0 Å². The van der Waals surface area contributed by atoms with E-state index in [0.717, 1.165) is 44.5 Å². The Morgan fingerprint density at radius 2 is 1.84 bits per heavy atom. The summed E-state index contributed by atoms with van der Waals surface area (Å²) in [6.07, 6.45) is 6.46. The Morgan fingerprint density at radius 1 is 1.16 bits per heavy atom. The summed E-state index contributed by atoms with van der Waals surface area (Å²) in [5.74, 6) is 0.555. The zero-order valence-corrected chi connectivity index (χ0v) is 19.4. The zero-order valence-electron chi connectivity index (χ0n) is 18.6. The molecule has 1 N–H and O–H groups in total. The van der Waals surface area contributed by atoms with Gasteiger partial charge in [-0.3, -0.25) is 4.79 Å². The quantitative estimate of drug-likeness (QED) is 0.653. The molecule has 8 nitrogen and oxygen atoms in total. The molecule has 1 aliphatic heterocycles. The van der Waals surface area contributed by atoms with E-state index in [1.807, 2.05) is 6.08 Å². The van der Waals surface area contributed by atoms with Crippen LogP contribution >= 0.6 is 0 Å². The maximum Gasteiger partial charge on any atom is 0.243 e. The van der Waals surface area contributed by atoms with Crippen molar-refractivity contribution in [3.63, 3.8) is 0 Å². The Morgan fingerprint density at radius 3 is 2.47 bits per heavy atom. The van der Waals surface area contributed by atoms with Gasteiger partial charge in [-0.1, -0.05) is 30.3 Å². The summed E-state index contributed by atoms with van der Waals surface area (Å²) in [6, 6.07) is 6.80. The largest absolute Gasteiger partial charge is 0.354 e. The van der Waals surface area contributed by atoms with Crippen molar-refractivity contribution in [2.45, 2.75) is 38.0 Å². The van der Waals surface area contributed by atoms with Gasteiger partial charge in [-0.25, -0.2) is 8.42 Å². The highest BCUT2D eigenvalue weighted by Crippen LogP contribution is 2.32. The first-order valence-corrected chi connectivity index (χ1v) is 12.6. The van der Waals surface area contributed by atoms with Crippen molar-refractivity contribution in [3.05, 3.63) is 41.3 Å². The number of sulfonamides is 1. The molecular formula is C23H30N4O4S. The van der Waals surface area contributed by atoms with Crippen molar-refractivity contribution < 1.29 is 17.7 Å². The van der Waals surface area contributed by atoms with Gasteiger partial charge < -0.3 is 14.7 Å². The SMILES string of the molecule is CCCN1CCN(S(=O)(=O)c2ccc(/C=C\c3onc(C)c3NC(=O)C3CC3)cc2)CC1. The van der Waals surface area contributed by atoms with E-state index in [4.69, 9.17) is 4.52 Å². The van der Waals surface area contributed by atoms with E-state index in [-0.39, 0.29) is 11.8 Å². The third-order valence-corrected chi connectivity index (χ3v) is 7.81. The van der Waals surface area contributed by atoms with Crippen LogP contribution in [-0.2, 0) is 14.8 Å². The maximum atomic E-state index is 13.0. The summed E-state index contributed by atoms with van der Waals surface area (Å²) in [6.45, 7) is 7.49. The highest BCUT2D eigenvalue weighted by molar-refractivity contribution is 7.89. The predicted octanol–water partition coefficient (Wildman–Crippen LogP) is 3.22. The second-order valence-electron chi connectivity index (χ2n) is 8.42. The van der Waals surface area contributed by atoms with Crippen LogP contribution in [0.1, 0.15) is 43.2 Å². The standard InChI is InChI=1S/C23H30N4O4S/c1-3-12-26-13-15-27(16-14-26)32(29,30)20-9-4-18(5-10-20)6-11-21-22(17(2)25-31-21)24-23(28)19-7-8-19/h4-6,9-11,19H,3,7-8,12-16H2,1-2H3,(H,24,28)/b11-6-. The van der Waals surface area contributed by atoms with Crippen LogP contribution in [0.4, 0.5) is 5.69 Å². The Kier molecular flexibility index (Phi) is 6.78. The van der Waals surface area contributed by atoms with Crippen LogP contribution in [0, 0.1) is 12.8 Å². The van der Waals surface area contributed by atoms with Gasteiger partial charge in [0.05, 0.1) is 4.90 Å². The molecular weight excluding hydrogens is 428 g/mol. The number of hydrogen-bond acceptors (Lipinski definition) is 6. The Hall–Kier alpha value is -2.49. The average Bonchev–Trinajstić information content (AvgIpc) is 3.59. The minimum atomic E-state index is -3.50. The lowest BCUT2D eigenvalue weighted by atomic mass is 10.2. The lowest BCUT2D eigenvalue weighted by Crippen LogP contribution is -2.48. The minimum Gasteiger partial charge on any atom is -0.354 e. The molecule has 172 valence electrons. The number of amides is 1. The first-order valence-electron chi connectivity index (χ1n) is 11.2. The van der Waals surface area contributed by atoms with Gasteiger partial charge in [-0.15, -0.1) is 0 Å². The first-order chi connectivity index (χ1) is 15.4. The Balaban J connectivity index is 1.42. The van der Waals surface area contributed by atoms with Gasteiger partial charge in [-0.05, 0) is 56.5 Å². The van der Waals surface area contributed by atoms with Crippen molar-refractivity contribution in [1.29, 1.82) is 0 Å². The molecule has 1 saturated carbocycles. The smallest absolute Gasteiger partial charge is 0.243 e. The fraction of sp³-hybridized carbons (Fsp3) is 0.478. The summed E-state index contributed by atoms with van der Waals surface area (Å²) < 4.78 is 32.9. The van der Waals surface area contributed by atoms with E-state index in [1.165, 1.54) is 0 Å². The van der Waals surface area contributed by atoms with Crippen molar-refractivity contribution >= 4 is 33.8 Å². The van der Waals surface area contributed by atoms with Crippen LogP contribution in [0.25, 0.3) is 12.2 Å². The molecule has 0 atom stereocenters. The molecule has 9 heteroatoms. The number of benzene rings is 1. The number of nitrogens with zero attached hydrogens (tertiary/aromatic N) is 3. The van der Waals surface area contributed by atoms with Gasteiger partial charge in [0.25, 0.3) is 0 Å². The predicted molar refractivity (Wildman–Crippen MR) is 123 cm³/mol. The summed E-state index contributed by atoms with van der Waals surface area (Å²) >= 11 is 0. The number of anilines is 1. The fourth-order valence-corrected chi connectivity index (χ4v) is 5.23. The van der Waals surface area contributed by atoms with Gasteiger partial charge in [0, 0.05) is 32.1 Å². The number of aromatic nitrogens is 1. The molecule has 0 bridgehead atoms. The second-order valence-corrected chi connectivity index (χ2v) is 10.4. The lowest BCUT2D eigenvalue weighted by Gasteiger charge is -2.33. The van der Waals surface area contributed by atoms with Crippen LogP contribution in [-0.4, -0.2) is 61.4 Å². The van der Waals surface area contributed by atoms with Gasteiger partial charge in [-0.2, -0.15) is 4.31 Å². The molecule has 4 rings (SSSR count). The third-order valence-electron chi connectivity index (χ3n) is 5.90. The molecule has 1 aromatic heterocycles. The van der Waals surface area contributed by atoms with E-state index in [1.54, 1.807) is 41.6 Å². The Bertz CT molecular complexity index is 1080. The first kappa shape index (κ1) is 22.7. The highest BCUT2D eigenvalue weighted by Gasteiger charge is 2.31. The summed E-state index contributed by atoms with van der Waals surface area (Å²) in [5, 5.41) is 6.85. The van der Waals surface area contributed by atoms with Crippen molar-refractivity contribution in [2.24, 2.45) is 5.92 Å². The summed E-state index contributed by atoms with van der Waals surface area (Å²) in [7, 11) is -3.50. The van der Waals surface area contributed by atoms with Crippen LogP contribution in [0.15, 0.2) is 33.7 Å². The number of hydrogen-bond donors (Lipinski definition) is 1. The van der Waals surface area contributed by atoms with Crippen molar-refractivity contribution in [3.8, 4) is 0 Å². The molecule has 2 fully saturated rings. The molecule has 0 spiro atoms. The number of piperazine rings is 1. The molecule has 1 aliphatic carbocycles. The van der Waals surface area contributed by atoms with Crippen molar-refractivity contribution in [2.75, 3.05) is 38.0 Å². The van der Waals surface area contributed by atoms with E-state index >= 15 is 0 Å². The van der Waals surface area contributed by atoms with Crippen LogP contribution in [0.2, 0.25) is 0 Å². The molecule has 0 radical (unpaired) electrons. The average molecular weight is 459 g/mol. The van der Waals surface area contributed by atoms with Gasteiger partial charge in [0.2, 0.25) is 15.9 Å².